The third-order valence-electron chi connectivity index (χ3n) is 4.42. The molecule has 1 saturated heterocycles. The molecule has 9 nitrogen and oxygen atoms in total. The van der Waals surface area contributed by atoms with E-state index in [2.05, 4.69) is 14.9 Å². The van der Waals surface area contributed by atoms with Gasteiger partial charge in [0.2, 0.25) is 5.95 Å². The summed E-state index contributed by atoms with van der Waals surface area (Å²) in [5.41, 5.74) is 6.71. The Labute approximate surface area is 167 Å². The van der Waals surface area contributed by atoms with Crippen molar-refractivity contribution in [2.75, 3.05) is 31.2 Å². The second-order valence-corrected chi connectivity index (χ2v) is 6.50. The number of alkyl carbamates (subject to hydrolysis) is 1. The number of carbonyl (C=O) groups excluding carboxylic acids is 1. The van der Waals surface area contributed by atoms with E-state index in [4.69, 9.17) is 20.6 Å². The van der Waals surface area contributed by atoms with Crippen LogP contribution in [0.25, 0.3) is 0 Å². The molecule has 1 amide bonds. The Bertz CT molecular complexity index is 856. The first-order chi connectivity index (χ1) is 14.0. The van der Waals surface area contributed by atoms with Crippen LogP contribution in [0.15, 0.2) is 30.6 Å². The summed E-state index contributed by atoms with van der Waals surface area (Å²) in [5.74, 6) is -0.286. The Balaban J connectivity index is 1.56. The fraction of sp³-hybridized carbons (Fsp3) is 0.368. The number of aryl methyl sites for hydroxylation is 2. The molecule has 0 bridgehead atoms. The molecule has 10 heteroatoms. The first kappa shape index (κ1) is 20.5. The number of nitrogens with zero attached hydrogens (tertiary/aromatic N) is 3. The van der Waals surface area contributed by atoms with Crippen LogP contribution in [0, 0.1) is 11.2 Å². The first-order valence-electron chi connectivity index (χ1n) is 9.20. The van der Waals surface area contributed by atoms with Crippen molar-refractivity contribution in [2.45, 2.75) is 19.4 Å². The molecule has 4 N–H and O–H groups in total. The van der Waals surface area contributed by atoms with E-state index in [0.717, 1.165) is 18.7 Å². The zero-order valence-corrected chi connectivity index (χ0v) is 15.9. The molecule has 29 heavy (non-hydrogen) atoms. The van der Waals surface area contributed by atoms with Crippen molar-refractivity contribution in [3.63, 3.8) is 0 Å². The number of carbonyl (C=O) groups is 1. The van der Waals surface area contributed by atoms with Crippen LogP contribution >= 0.6 is 0 Å². The summed E-state index contributed by atoms with van der Waals surface area (Å²) in [7, 11) is 0. The van der Waals surface area contributed by atoms with Gasteiger partial charge in [0, 0.05) is 31.0 Å². The van der Waals surface area contributed by atoms with E-state index in [-0.39, 0.29) is 12.2 Å². The standard InChI is InChI=1S/C19H23FN6O3/c20-16-14(2-1-3-15(16)12-29-19(27)25-17(21)22)5-4-13-10-23-18(24-11-13)26-6-8-28-9-7-26/h1-3,10-11H,4-9,12H2,(H4,21,22,25,27). The van der Waals surface area contributed by atoms with Crippen molar-refractivity contribution < 1.29 is 18.7 Å². The van der Waals surface area contributed by atoms with Gasteiger partial charge in [0.15, 0.2) is 5.96 Å². The summed E-state index contributed by atoms with van der Waals surface area (Å²) in [6.45, 7) is 2.62. The SMILES string of the molecule is N=C(N)NC(=O)OCc1cccc(CCc2cnc(N3CCOCC3)nc2)c1F. The zero-order valence-electron chi connectivity index (χ0n) is 15.9. The minimum Gasteiger partial charge on any atom is -0.444 e. The summed E-state index contributed by atoms with van der Waals surface area (Å²) < 4.78 is 24.9. The largest absolute Gasteiger partial charge is 0.444 e. The second-order valence-electron chi connectivity index (χ2n) is 6.50. The Morgan fingerprint density at radius 1 is 1.24 bits per heavy atom. The van der Waals surface area contributed by atoms with Crippen molar-refractivity contribution in [3.8, 4) is 0 Å². The van der Waals surface area contributed by atoms with E-state index in [9.17, 15) is 9.18 Å². The number of ether oxygens (including phenoxy) is 2. The minimum atomic E-state index is -0.903. The molecule has 1 aromatic carbocycles. The lowest BCUT2D eigenvalue weighted by Gasteiger charge is -2.26. The highest BCUT2D eigenvalue weighted by atomic mass is 19.1. The molecule has 0 spiro atoms. The molecule has 0 unspecified atom stereocenters. The van der Waals surface area contributed by atoms with Crippen molar-refractivity contribution in [1.29, 1.82) is 5.41 Å². The Hall–Kier alpha value is -3.27. The number of anilines is 1. The number of aromatic nitrogens is 2. The summed E-state index contributed by atoms with van der Waals surface area (Å²) in [6, 6.07) is 4.94. The Morgan fingerprint density at radius 3 is 2.62 bits per heavy atom. The molecule has 1 aromatic heterocycles. The van der Waals surface area contributed by atoms with Gasteiger partial charge < -0.3 is 20.1 Å². The molecule has 0 saturated carbocycles. The summed E-state index contributed by atoms with van der Waals surface area (Å²) in [4.78, 5) is 22.2. The quantitative estimate of drug-likeness (QED) is 0.492. The molecule has 154 valence electrons. The highest BCUT2D eigenvalue weighted by molar-refractivity contribution is 5.90. The maximum absolute atomic E-state index is 14.7. The third-order valence-corrected chi connectivity index (χ3v) is 4.42. The first-order valence-corrected chi connectivity index (χ1v) is 9.20. The highest BCUT2D eigenvalue weighted by Gasteiger charge is 2.14. The fourth-order valence-corrected chi connectivity index (χ4v) is 2.91. The van der Waals surface area contributed by atoms with Gasteiger partial charge in [-0.3, -0.25) is 10.7 Å². The molecule has 0 atom stereocenters. The fourth-order valence-electron chi connectivity index (χ4n) is 2.91. The predicted octanol–water partition coefficient (Wildman–Crippen LogP) is 1.36. The van der Waals surface area contributed by atoms with Gasteiger partial charge in [-0.15, -0.1) is 0 Å². The topological polar surface area (TPSA) is 126 Å². The van der Waals surface area contributed by atoms with Gasteiger partial charge >= 0.3 is 6.09 Å². The molecule has 1 fully saturated rings. The number of nitrogens with two attached hydrogens (primary N) is 1. The number of benzene rings is 1. The van der Waals surface area contributed by atoms with Gasteiger partial charge in [-0.2, -0.15) is 0 Å². The number of morpholine rings is 1. The average Bonchev–Trinajstić information content (AvgIpc) is 2.73. The van der Waals surface area contributed by atoms with E-state index in [1.54, 1.807) is 30.6 Å². The van der Waals surface area contributed by atoms with Gasteiger partial charge in [0.1, 0.15) is 12.4 Å². The molecule has 2 heterocycles. The van der Waals surface area contributed by atoms with Gasteiger partial charge in [-0.25, -0.2) is 19.2 Å². The Kier molecular flexibility index (Phi) is 6.90. The molecule has 0 aliphatic carbocycles. The molecule has 0 radical (unpaired) electrons. The second kappa shape index (κ2) is 9.78. The van der Waals surface area contributed by atoms with Gasteiger partial charge in [0.05, 0.1) is 13.2 Å². The number of guanidine groups is 1. The van der Waals surface area contributed by atoms with Gasteiger partial charge in [-0.05, 0) is 24.0 Å². The number of amides is 1. The summed E-state index contributed by atoms with van der Waals surface area (Å²) in [5, 5.41) is 8.94. The van der Waals surface area contributed by atoms with E-state index in [1.165, 1.54) is 0 Å². The van der Waals surface area contributed by atoms with Crippen LogP contribution in [0.4, 0.5) is 15.1 Å². The van der Waals surface area contributed by atoms with E-state index in [1.807, 2.05) is 5.32 Å². The molecular weight excluding hydrogens is 379 g/mol. The number of nitrogens with one attached hydrogen (secondary N) is 2. The molecular formula is C19H23FN6O3. The van der Waals surface area contributed by atoms with Gasteiger partial charge in [-0.1, -0.05) is 18.2 Å². The van der Waals surface area contributed by atoms with Crippen molar-refractivity contribution in [2.24, 2.45) is 5.73 Å². The number of halogens is 1. The van der Waals surface area contributed by atoms with Crippen LogP contribution in [0.2, 0.25) is 0 Å². The molecule has 3 rings (SSSR count). The normalized spacial score (nSPS) is 13.8. The van der Waals surface area contributed by atoms with E-state index < -0.39 is 17.9 Å². The lowest BCUT2D eigenvalue weighted by molar-refractivity contribution is 0.122. The van der Waals surface area contributed by atoms with Crippen molar-refractivity contribution in [3.05, 3.63) is 53.1 Å². The molecule has 2 aromatic rings. The van der Waals surface area contributed by atoms with Crippen LogP contribution in [-0.4, -0.2) is 48.3 Å². The summed E-state index contributed by atoms with van der Waals surface area (Å²) in [6.07, 6.45) is 3.65. The predicted molar refractivity (Wildman–Crippen MR) is 104 cm³/mol. The maximum atomic E-state index is 14.7. The van der Waals surface area contributed by atoms with Crippen molar-refractivity contribution in [1.82, 2.24) is 15.3 Å². The average molecular weight is 402 g/mol. The van der Waals surface area contributed by atoms with E-state index >= 15 is 0 Å². The third kappa shape index (κ3) is 5.85. The lowest BCUT2D eigenvalue weighted by atomic mass is 10.0. The van der Waals surface area contributed by atoms with Crippen LogP contribution < -0.4 is 16.0 Å². The maximum Gasteiger partial charge on any atom is 0.414 e. The van der Waals surface area contributed by atoms with Crippen LogP contribution in [0.5, 0.6) is 0 Å². The minimum absolute atomic E-state index is 0.250. The van der Waals surface area contributed by atoms with Crippen LogP contribution in [0.3, 0.4) is 0 Å². The van der Waals surface area contributed by atoms with Crippen LogP contribution in [-0.2, 0) is 28.9 Å². The van der Waals surface area contributed by atoms with Gasteiger partial charge in [0.25, 0.3) is 0 Å². The number of hydrogen-bond acceptors (Lipinski definition) is 7. The smallest absolute Gasteiger partial charge is 0.414 e. The Morgan fingerprint density at radius 2 is 1.93 bits per heavy atom. The molecule has 1 aliphatic heterocycles. The monoisotopic (exact) mass is 402 g/mol. The van der Waals surface area contributed by atoms with E-state index in [0.29, 0.717) is 37.6 Å². The highest BCUT2D eigenvalue weighted by Crippen LogP contribution is 2.17. The lowest BCUT2D eigenvalue weighted by Crippen LogP contribution is -2.37. The number of hydrogen-bond donors (Lipinski definition) is 3. The van der Waals surface area contributed by atoms with Crippen molar-refractivity contribution >= 4 is 18.0 Å². The molecule has 1 aliphatic rings. The number of rotatable bonds is 6. The summed E-state index contributed by atoms with van der Waals surface area (Å²) >= 11 is 0. The zero-order chi connectivity index (χ0) is 20.6. The van der Waals surface area contributed by atoms with Crippen LogP contribution in [0.1, 0.15) is 16.7 Å².